The monoisotopic (exact) mass is 506 g/mol. The Kier molecular flexibility index (Phi) is 5.86. The van der Waals surface area contributed by atoms with Gasteiger partial charge in [-0.2, -0.15) is 15.4 Å². The van der Waals surface area contributed by atoms with Crippen LogP contribution < -0.4 is 4.74 Å². The molecule has 7 rings (SSSR count). The predicted molar refractivity (Wildman–Crippen MR) is 132 cm³/mol. The summed E-state index contributed by atoms with van der Waals surface area (Å²) in [6, 6.07) is 2.02. The highest BCUT2D eigenvalue weighted by molar-refractivity contribution is 5.94. The maximum absolute atomic E-state index is 13.5. The van der Waals surface area contributed by atoms with E-state index in [1.165, 1.54) is 0 Å². The van der Waals surface area contributed by atoms with E-state index in [4.69, 9.17) is 9.47 Å². The van der Waals surface area contributed by atoms with Crippen LogP contribution in [-0.2, 0) is 22.4 Å². The number of carbonyl (C=O) groups is 2. The van der Waals surface area contributed by atoms with Crippen molar-refractivity contribution in [1.82, 2.24) is 30.2 Å². The third kappa shape index (κ3) is 4.49. The van der Waals surface area contributed by atoms with E-state index in [9.17, 15) is 9.59 Å². The third-order valence-electron chi connectivity index (χ3n) is 8.90. The van der Waals surface area contributed by atoms with Crippen molar-refractivity contribution >= 4 is 11.8 Å². The second kappa shape index (κ2) is 9.38. The smallest absolute Gasteiger partial charge is 0.255 e. The summed E-state index contributed by atoms with van der Waals surface area (Å²) in [6.07, 6.45) is 8.14. The number of fused-ring (bicyclic) bond motifs is 2. The van der Waals surface area contributed by atoms with Crippen LogP contribution in [0.5, 0.6) is 5.88 Å². The second-order valence-corrected chi connectivity index (χ2v) is 11.5. The Morgan fingerprint density at radius 1 is 0.946 bits per heavy atom. The number of hydrogen-bond donors (Lipinski definition) is 1. The molecule has 0 radical (unpaired) electrons. The number of aromatic nitrogens is 4. The summed E-state index contributed by atoms with van der Waals surface area (Å²) in [7, 11) is 0. The molecular formula is C27H34N6O4. The molecular weight excluding hydrogens is 472 g/mol. The summed E-state index contributed by atoms with van der Waals surface area (Å²) in [5, 5.41) is 11.1. The molecule has 4 fully saturated rings. The molecule has 0 aromatic carbocycles. The highest BCUT2D eigenvalue weighted by atomic mass is 16.5. The number of aryl methyl sites for hydroxylation is 1. The molecule has 2 aromatic heterocycles. The first-order valence-electron chi connectivity index (χ1n) is 13.8. The van der Waals surface area contributed by atoms with Gasteiger partial charge in [0.1, 0.15) is 6.10 Å². The topological polar surface area (TPSA) is 114 Å². The molecule has 2 amide bonds. The Morgan fingerprint density at radius 3 is 2.43 bits per heavy atom. The van der Waals surface area contributed by atoms with E-state index in [0.717, 1.165) is 81.8 Å². The van der Waals surface area contributed by atoms with Crippen molar-refractivity contribution in [3.05, 3.63) is 34.8 Å². The Morgan fingerprint density at radius 2 is 1.68 bits per heavy atom. The van der Waals surface area contributed by atoms with Crippen LogP contribution in [0.3, 0.4) is 0 Å². The van der Waals surface area contributed by atoms with Crippen LogP contribution in [0.2, 0.25) is 0 Å². The van der Waals surface area contributed by atoms with Crippen LogP contribution in [0.15, 0.2) is 12.3 Å². The van der Waals surface area contributed by atoms with Gasteiger partial charge in [0, 0.05) is 75.0 Å². The van der Waals surface area contributed by atoms with E-state index in [1.54, 1.807) is 6.20 Å². The van der Waals surface area contributed by atoms with E-state index in [0.29, 0.717) is 48.7 Å². The summed E-state index contributed by atoms with van der Waals surface area (Å²) in [5.41, 5.74) is 3.67. The Labute approximate surface area is 216 Å². The summed E-state index contributed by atoms with van der Waals surface area (Å²) in [6.45, 7) is 4.32. The number of pyridine rings is 1. The second-order valence-electron chi connectivity index (χ2n) is 11.5. The number of nitrogens with one attached hydrogen (secondary N) is 1. The van der Waals surface area contributed by atoms with Crippen LogP contribution in [-0.4, -0.2) is 87.5 Å². The van der Waals surface area contributed by atoms with Crippen LogP contribution >= 0.6 is 0 Å². The molecule has 5 heterocycles. The molecule has 1 unspecified atom stereocenters. The molecule has 3 saturated heterocycles. The van der Waals surface area contributed by atoms with Crippen LogP contribution in [0, 0.1) is 17.8 Å². The van der Waals surface area contributed by atoms with E-state index in [1.807, 2.05) is 15.9 Å². The third-order valence-corrected chi connectivity index (χ3v) is 8.90. The largest absolute Gasteiger partial charge is 0.474 e. The number of likely N-dealkylation sites (tertiary alicyclic amines) is 2. The van der Waals surface area contributed by atoms with Crippen molar-refractivity contribution < 1.29 is 19.1 Å². The number of carbonyl (C=O) groups excluding carboxylic acids is 2. The number of rotatable bonds is 5. The number of H-pyrrole nitrogens is 1. The van der Waals surface area contributed by atoms with Gasteiger partial charge < -0.3 is 19.3 Å². The van der Waals surface area contributed by atoms with Gasteiger partial charge >= 0.3 is 0 Å². The molecule has 2 aromatic rings. The number of hydrogen-bond acceptors (Lipinski definition) is 7. The van der Waals surface area contributed by atoms with Gasteiger partial charge in [-0.15, -0.1) is 0 Å². The van der Waals surface area contributed by atoms with Gasteiger partial charge in [-0.1, -0.05) is 0 Å². The molecule has 196 valence electrons. The fourth-order valence-corrected chi connectivity index (χ4v) is 6.60. The van der Waals surface area contributed by atoms with Gasteiger partial charge in [-0.3, -0.25) is 9.59 Å². The lowest BCUT2D eigenvalue weighted by Gasteiger charge is -2.27. The van der Waals surface area contributed by atoms with Gasteiger partial charge in [-0.05, 0) is 37.7 Å². The lowest BCUT2D eigenvalue weighted by molar-refractivity contribution is -0.135. The van der Waals surface area contributed by atoms with E-state index < -0.39 is 0 Å². The summed E-state index contributed by atoms with van der Waals surface area (Å²) in [5.74, 6) is 2.09. The fourth-order valence-electron chi connectivity index (χ4n) is 6.60. The zero-order valence-electron chi connectivity index (χ0n) is 21.1. The van der Waals surface area contributed by atoms with Gasteiger partial charge in [0.2, 0.25) is 11.8 Å². The molecule has 1 N–H and O–H groups in total. The Balaban J connectivity index is 0.981. The van der Waals surface area contributed by atoms with Crippen molar-refractivity contribution in [3.8, 4) is 5.88 Å². The van der Waals surface area contributed by atoms with Gasteiger partial charge in [0.25, 0.3) is 5.91 Å². The Bertz CT molecular complexity index is 1180. The average Bonchev–Trinajstić information content (AvgIpc) is 3.33. The number of nitrogens with zero attached hydrogens (tertiary/aromatic N) is 5. The minimum absolute atomic E-state index is 0.0112. The summed E-state index contributed by atoms with van der Waals surface area (Å²) in [4.78, 5) is 35.3. The minimum Gasteiger partial charge on any atom is -0.474 e. The highest BCUT2D eigenvalue weighted by Gasteiger charge is 2.45. The number of ether oxygens (including phenoxy) is 2. The van der Waals surface area contributed by atoms with Gasteiger partial charge in [0.05, 0.1) is 30.2 Å². The molecule has 2 aliphatic carbocycles. The zero-order chi connectivity index (χ0) is 24.9. The van der Waals surface area contributed by atoms with Gasteiger partial charge in [0.15, 0.2) is 0 Å². The van der Waals surface area contributed by atoms with E-state index in [2.05, 4.69) is 20.4 Å². The summed E-state index contributed by atoms with van der Waals surface area (Å²) < 4.78 is 11.7. The Hall–Kier alpha value is -3.01. The lowest BCUT2D eigenvalue weighted by Crippen LogP contribution is -2.40. The molecule has 10 heteroatoms. The molecule has 0 bridgehead atoms. The SMILES string of the molecule is O=C(c1cnc(OC2CCOCC2)c(C2CC2)c1)N1C[C@@H]2CN(C(=O)C3CCc4n[nH]nc4C3)C[C@H]2C1. The predicted octanol–water partition coefficient (Wildman–Crippen LogP) is 1.97. The molecule has 0 spiro atoms. The van der Waals surface area contributed by atoms with Crippen molar-refractivity contribution in [1.29, 1.82) is 0 Å². The van der Waals surface area contributed by atoms with Crippen molar-refractivity contribution in [2.24, 2.45) is 17.8 Å². The van der Waals surface area contributed by atoms with Crippen LogP contribution in [0.1, 0.15) is 65.3 Å². The first-order valence-corrected chi connectivity index (χ1v) is 13.8. The maximum atomic E-state index is 13.5. The highest BCUT2D eigenvalue weighted by Crippen LogP contribution is 2.44. The number of aromatic amines is 1. The molecule has 3 atom stereocenters. The zero-order valence-corrected chi connectivity index (χ0v) is 21.1. The van der Waals surface area contributed by atoms with Crippen LogP contribution in [0.25, 0.3) is 0 Å². The molecule has 1 saturated carbocycles. The van der Waals surface area contributed by atoms with E-state index in [-0.39, 0.29) is 23.8 Å². The van der Waals surface area contributed by atoms with Crippen molar-refractivity contribution in [2.75, 3.05) is 39.4 Å². The minimum atomic E-state index is -0.0112. The fraction of sp³-hybridized carbons (Fsp3) is 0.667. The quantitative estimate of drug-likeness (QED) is 0.660. The molecule has 37 heavy (non-hydrogen) atoms. The summed E-state index contributed by atoms with van der Waals surface area (Å²) >= 11 is 0. The van der Waals surface area contributed by atoms with Gasteiger partial charge in [-0.25, -0.2) is 4.98 Å². The lowest BCUT2D eigenvalue weighted by atomic mass is 9.89. The van der Waals surface area contributed by atoms with Crippen molar-refractivity contribution in [3.63, 3.8) is 0 Å². The first kappa shape index (κ1) is 23.1. The standard InChI is InChI=1S/C27H34N6O4/c34-26(17-3-4-23-24(10-17)30-31-29-23)32-12-19-14-33(15-20(19)13-32)27(35)18-9-22(16-1-2-16)25(28-11-18)37-21-5-7-36-8-6-21/h9,11,16-17,19-21H,1-8,10,12-15H2,(H,29,30,31)/t17?,19-,20-/m0/s1. The van der Waals surface area contributed by atoms with Crippen molar-refractivity contribution in [2.45, 2.75) is 57.0 Å². The van der Waals surface area contributed by atoms with E-state index >= 15 is 0 Å². The molecule has 5 aliphatic rings. The first-order chi connectivity index (χ1) is 18.1. The average molecular weight is 507 g/mol. The number of amides is 2. The normalized spacial score (nSPS) is 27.7. The maximum Gasteiger partial charge on any atom is 0.255 e. The molecule has 10 nitrogen and oxygen atoms in total. The van der Waals surface area contributed by atoms with Crippen LogP contribution in [0.4, 0.5) is 0 Å². The molecule has 3 aliphatic heterocycles.